The molecule has 2 unspecified atom stereocenters. The van der Waals surface area contributed by atoms with Gasteiger partial charge in [0.1, 0.15) is 0 Å². The molecule has 4 heteroatoms. The average Bonchev–Trinajstić information content (AvgIpc) is 2.52. The van der Waals surface area contributed by atoms with E-state index >= 15 is 0 Å². The highest BCUT2D eigenvalue weighted by molar-refractivity contribution is 7.96. The number of nitrogens with zero attached hydrogens (tertiary/aromatic N) is 1. The van der Waals surface area contributed by atoms with Crippen molar-refractivity contribution >= 4 is 11.9 Å². The zero-order valence-electron chi connectivity index (χ0n) is 7.44. The fraction of sp³-hybridized carbons (Fsp3) is 1.00. The Morgan fingerprint density at radius 1 is 1.67 bits per heavy atom. The van der Waals surface area contributed by atoms with E-state index in [1.165, 1.54) is 0 Å². The quantitative estimate of drug-likeness (QED) is 0.629. The van der Waals surface area contributed by atoms with Crippen LogP contribution in [0.25, 0.3) is 0 Å². The van der Waals surface area contributed by atoms with E-state index in [2.05, 4.69) is 10.6 Å². The zero-order valence-corrected chi connectivity index (χ0v) is 8.26. The molecule has 72 valence electrons. The van der Waals surface area contributed by atoms with Gasteiger partial charge in [-0.3, -0.25) is 4.31 Å². The molecule has 0 aromatic carbocycles. The van der Waals surface area contributed by atoms with E-state index in [0.29, 0.717) is 5.92 Å². The first kappa shape index (κ1) is 10.3. The molecule has 2 N–H and O–H groups in total. The zero-order chi connectivity index (χ0) is 8.97. The van der Waals surface area contributed by atoms with Crippen molar-refractivity contribution in [2.75, 3.05) is 26.0 Å². The molecule has 1 fully saturated rings. The van der Waals surface area contributed by atoms with Crippen molar-refractivity contribution in [3.8, 4) is 0 Å². The fourth-order valence-corrected chi connectivity index (χ4v) is 2.26. The van der Waals surface area contributed by atoms with Gasteiger partial charge >= 0.3 is 0 Å². The Balaban J connectivity index is 2.18. The largest absolute Gasteiger partial charge is 0.394 e. The van der Waals surface area contributed by atoms with Gasteiger partial charge in [-0.25, -0.2) is 0 Å². The van der Waals surface area contributed by atoms with Gasteiger partial charge in [0.25, 0.3) is 0 Å². The summed E-state index contributed by atoms with van der Waals surface area (Å²) in [6, 6.07) is 0. The number of aliphatic hydroxyl groups is 2. The first-order valence-corrected chi connectivity index (χ1v) is 5.52. The minimum absolute atomic E-state index is 0.101. The van der Waals surface area contributed by atoms with Crippen LogP contribution in [0.4, 0.5) is 0 Å². The monoisotopic (exact) mass is 191 g/mol. The molecule has 0 amide bonds. The number of rotatable bonds is 4. The van der Waals surface area contributed by atoms with Crippen LogP contribution in [0.1, 0.15) is 12.8 Å². The third kappa shape index (κ3) is 2.94. The highest BCUT2D eigenvalue weighted by atomic mass is 32.2. The van der Waals surface area contributed by atoms with E-state index in [9.17, 15) is 5.11 Å². The third-order valence-electron chi connectivity index (χ3n) is 2.32. The second kappa shape index (κ2) is 5.07. The summed E-state index contributed by atoms with van der Waals surface area (Å²) in [5, 5.41) is 17.9. The topological polar surface area (TPSA) is 43.7 Å². The molecule has 0 aliphatic carbocycles. The van der Waals surface area contributed by atoms with Crippen LogP contribution >= 0.6 is 11.9 Å². The molecule has 2 atom stereocenters. The van der Waals surface area contributed by atoms with Gasteiger partial charge in [0.15, 0.2) is 0 Å². The van der Waals surface area contributed by atoms with E-state index in [1.54, 1.807) is 11.9 Å². The molecule has 3 nitrogen and oxygen atoms in total. The van der Waals surface area contributed by atoms with Crippen molar-refractivity contribution < 1.29 is 10.2 Å². The van der Waals surface area contributed by atoms with Gasteiger partial charge < -0.3 is 10.2 Å². The Hall–Kier alpha value is 0.230. The minimum Gasteiger partial charge on any atom is -0.394 e. The first-order valence-electron chi connectivity index (χ1n) is 4.34. The first-order chi connectivity index (χ1) is 5.76. The number of hydrogen-bond donors (Lipinski definition) is 2. The summed E-state index contributed by atoms with van der Waals surface area (Å²) in [6.07, 6.45) is 3.45. The molecule has 0 radical (unpaired) electrons. The molecular weight excluding hydrogens is 174 g/mol. The lowest BCUT2D eigenvalue weighted by Gasteiger charge is -2.14. The van der Waals surface area contributed by atoms with Crippen LogP contribution in [0, 0.1) is 5.92 Å². The Bertz CT molecular complexity index is 134. The molecule has 1 saturated heterocycles. The number of aliphatic hydroxyl groups excluding tert-OH is 2. The summed E-state index contributed by atoms with van der Waals surface area (Å²) in [6.45, 7) is 2.07. The molecule has 12 heavy (non-hydrogen) atoms. The van der Waals surface area contributed by atoms with E-state index in [0.717, 1.165) is 25.9 Å². The van der Waals surface area contributed by atoms with Gasteiger partial charge in [-0.1, -0.05) is 11.9 Å². The molecule has 1 heterocycles. The molecule has 0 aromatic rings. The lowest BCUT2D eigenvalue weighted by molar-refractivity contribution is 0.0758. The maximum atomic E-state index is 9.20. The van der Waals surface area contributed by atoms with Crippen molar-refractivity contribution in [2.24, 2.45) is 5.92 Å². The molecule has 1 rings (SSSR count). The van der Waals surface area contributed by atoms with Crippen LogP contribution in [0.2, 0.25) is 0 Å². The van der Waals surface area contributed by atoms with E-state index < -0.39 is 6.10 Å². The normalized spacial score (nSPS) is 27.8. The summed E-state index contributed by atoms with van der Waals surface area (Å²) in [7, 11) is 0. The van der Waals surface area contributed by atoms with Crippen molar-refractivity contribution in [3.63, 3.8) is 0 Å². The Morgan fingerprint density at radius 3 is 2.92 bits per heavy atom. The molecule has 0 bridgehead atoms. The molecule has 1 aliphatic rings. The molecule has 1 aliphatic heterocycles. The average molecular weight is 191 g/mol. The Morgan fingerprint density at radius 2 is 2.42 bits per heavy atom. The Kier molecular flexibility index (Phi) is 4.35. The van der Waals surface area contributed by atoms with Gasteiger partial charge in [0.2, 0.25) is 0 Å². The second-order valence-electron chi connectivity index (χ2n) is 3.30. The smallest absolute Gasteiger partial charge is 0.0774 e. The highest BCUT2D eigenvalue weighted by Gasteiger charge is 2.23. The van der Waals surface area contributed by atoms with Crippen LogP contribution < -0.4 is 0 Å². The van der Waals surface area contributed by atoms with Crippen molar-refractivity contribution in [1.82, 2.24) is 4.31 Å². The predicted octanol–water partition coefficient (Wildman–Crippen LogP) is 0.330. The number of hydrogen-bond acceptors (Lipinski definition) is 4. The van der Waals surface area contributed by atoms with Gasteiger partial charge in [-0.15, -0.1) is 0 Å². The maximum Gasteiger partial charge on any atom is 0.0774 e. The molecular formula is C8H17NO2S. The van der Waals surface area contributed by atoms with E-state index in [4.69, 9.17) is 5.11 Å². The van der Waals surface area contributed by atoms with Crippen LogP contribution in [0.3, 0.4) is 0 Å². The summed E-state index contributed by atoms with van der Waals surface area (Å²) < 4.78 is 2.30. The second-order valence-corrected chi connectivity index (χ2v) is 4.18. The van der Waals surface area contributed by atoms with Crippen LogP contribution in [-0.4, -0.2) is 46.6 Å². The minimum atomic E-state index is -0.517. The van der Waals surface area contributed by atoms with Crippen molar-refractivity contribution in [1.29, 1.82) is 0 Å². The van der Waals surface area contributed by atoms with Crippen molar-refractivity contribution in [2.45, 2.75) is 18.9 Å². The van der Waals surface area contributed by atoms with Gasteiger partial charge in [-0.2, -0.15) is 0 Å². The maximum absolute atomic E-state index is 9.20. The lowest BCUT2D eigenvalue weighted by atomic mass is 10.0. The van der Waals surface area contributed by atoms with E-state index in [1.807, 2.05) is 0 Å². The van der Waals surface area contributed by atoms with Gasteiger partial charge in [-0.05, 0) is 25.0 Å². The highest BCUT2D eigenvalue weighted by Crippen LogP contribution is 2.24. The van der Waals surface area contributed by atoms with Crippen LogP contribution in [-0.2, 0) is 0 Å². The fourth-order valence-electron chi connectivity index (χ4n) is 1.61. The summed E-state index contributed by atoms with van der Waals surface area (Å²) in [4.78, 5) is 0. The molecule has 0 saturated carbocycles. The lowest BCUT2D eigenvalue weighted by Crippen LogP contribution is -2.19. The Labute approximate surface area is 77.9 Å². The summed E-state index contributed by atoms with van der Waals surface area (Å²) in [5.41, 5.74) is 0. The predicted molar refractivity (Wildman–Crippen MR) is 50.9 cm³/mol. The standard InChI is InChI=1S/C8H17NO2S/c1-12-9-3-2-7(5-9)4-8(11)6-10/h7-8,10-11H,2-6H2,1H3. The van der Waals surface area contributed by atoms with Crippen LogP contribution in [0.15, 0.2) is 0 Å². The molecule has 0 aromatic heterocycles. The SMILES string of the molecule is CSN1CCC(CC(O)CO)C1. The molecule has 0 spiro atoms. The van der Waals surface area contributed by atoms with Gasteiger partial charge in [0.05, 0.1) is 12.7 Å². The summed E-state index contributed by atoms with van der Waals surface area (Å²) >= 11 is 1.76. The summed E-state index contributed by atoms with van der Waals surface area (Å²) in [5.74, 6) is 0.569. The van der Waals surface area contributed by atoms with E-state index in [-0.39, 0.29) is 6.61 Å². The van der Waals surface area contributed by atoms with Crippen LogP contribution in [0.5, 0.6) is 0 Å². The third-order valence-corrected chi connectivity index (χ3v) is 3.17. The van der Waals surface area contributed by atoms with Gasteiger partial charge in [0, 0.05) is 13.1 Å². The van der Waals surface area contributed by atoms with Crippen molar-refractivity contribution in [3.05, 3.63) is 0 Å².